The molecule has 3 rings (SSSR count). The molecule has 0 amide bonds. The van der Waals surface area contributed by atoms with Gasteiger partial charge in [-0.15, -0.1) is 0 Å². The van der Waals surface area contributed by atoms with Crippen molar-refractivity contribution in [2.24, 2.45) is 5.92 Å². The third-order valence-corrected chi connectivity index (χ3v) is 7.16. The van der Waals surface area contributed by atoms with Gasteiger partial charge in [-0.2, -0.15) is 4.31 Å². The van der Waals surface area contributed by atoms with Crippen molar-refractivity contribution in [3.63, 3.8) is 0 Å². The van der Waals surface area contributed by atoms with Gasteiger partial charge in [0.25, 0.3) is 0 Å². The highest BCUT2D eigenvalue weighted by atomic mass is 32.2. The zero-order valence-corrected chi connectivity index (χ0v) is 13.1. The molecule has 1 aliphatic carbocycles. The Morgan fingerprint density at radius 3 is 2.15 bits per heavy atom. The van der Waals surface area contributed by atoms with Gasteiger partial charge in [-0.1, -0.05) is 19.3 Å². The van der Waals surface area contributed by atoms with Crippen LogP contribution in [-0.2, 0) is 10.0 Å². The van der Waals surface area contributed by atoms with Crippen LogP contribution in [0, 0.1) is 5.92 Å². The van der Waals surface area contributed by atoms with Crippen LogP contribution in [0.3, 0.4) is 0 Å². The molecule has 5 nitrogen and oxygen atoms in total. The van der Waals surface area contributed by atoms with Gasteiger partial charge in [0.2, 0.25) is 10.0 Å². The molecule has 0 aromatic carbocycles. The minimum absolute atomic E-state index is 0.387. The Kier molecular flexibility index (Phi) is 4.65. The van der Waals surface area contributed by atoms with E-state index in [4.69, 9.17) is 0 Å². The second kappa shape index (κ2) is 6.30. The Morgan fingerprint density at radius 2 is 1.60 bits per heavy atom. The molecule has 3 fully saturated rings. The topological polar surface area (TPSA) is 52.7 Å². The number of sulfonamides is 1. The molecule has 0 unspecified atom stereocenters. The lowest BCUT2D eigenvalue weighted by Crippen LogP contribution is -2.62. The normalized spacial score (nSPS) is 28.4. The van der Waals surface area contributed by atoms with Gasteiger partial charge in [-0.3, -0.25) is 4.90 Å². The highest BCUT2D eigenvalue weighted by molar-refractivity contribution is 7.89. The maximum Gasteiger partial charge on any atom is 0.214 e. The van der Waals surface area contributed by atoms with Crippen LogP contribution in [0.5, 0.6) is 0 Å². The predicted molar refractivity (Wildman–Crippen MR) is 80.2 cm³/mol. The summed E-state index contributed by atoms with van der Waals surface area (Å²) in [5.74, 6) is 0.792. The van der Waals surface area contributed by atoms with Crippen LogP contribution in [0.4, 0.5) is 0 Å². The molecule has 0 bridgehead atoms. The van der Waals surface area contributed by atoms with Crippen LogP contribution in [-0.4, -0.2) is 68.7 Å². The third-order valence-electron chi connectivity index (χ3n) is 5.11. The van der Waals surface area contributed by atoms with Crippen molar-refractivity contribution in [3.05, 3.63) is 0 Å². The van der Waals surface area contributed by atoms with Gasteiger partial charge >= 0.3 is 0 Å². The molecule has 2 heterocycles. The van der Waals surface area contributed by atoms with Crippen molar-refractivity contribution in [1.29, 1.82) is 0 Å². The van der Waals surface area contributed by atoms with E-state index in [1.807, 2.05) is 0 Å². The molecule has 0 aromatic heterocycles. The number of hydrogen-bond donors (Lipinski definition) is 1. The van der Waals surface area contributed by atoms with Gasteiger partial charge < -0.3 is 5.32 Å². The van der Waals surface area contributed by atoms with E-state index in [1.54, 1.807) is 4.31 Å². The molecular weight excluding hydrogens is 274 g/mol. The number of rotatable bonds is 4. The predicted octanol–water partition coefficient (Wildman–Crippen LogP) is 0.486. The Balaban J connectivity index is 1.50. The average molecular weight is 301 g/mol. The SMILES string of the molecule is O=S(=O)(CC1CCCCC1)N1CCN(C2CNC2)CC1. The molecule has 6 heteroatoms. The zero-order valence-electron chi connectivity index (χ0n) is 12.3. The lowest BCUT2D eigenvalue weighted by Gasteiger charge is -2.43. The highest BCUT2D eigenvalue weighted by Crippen LogP contribution is 2.26. The number of nitrogens with zero attached hydrogens (tertiary/aromatic N) is 2. The van der Waals surface area contributed by atoms with Crippen LogP contribution in [0.15, 0.2) is 0 Å². The molecule has 20 heavy (non-hydrogen) atoms. The van der Waals surface area contributed by atoms with E-state index in [2.05, 4.69) is 10.2 Å². The Hall–Kier alpha value is -0.170. The first kappa shape index (κ1) is 14.8. The quantitative estimate of drug-likeness (QED) is 0.821. The molecule has 116 valence electrons. The monoisotopic (exact) mass is 301 g/mol. The molecular formula is C14H27N3O2S. The Morgan fingerprint density at radius 1 is 0.950 bits per heavy atom. The largest absolute Gasteiger partial charge is 0.314 e. The Bertz CT molecular complexity index is 408. The molecule has 0 radical (unpaired) electrons. The summed E-state index contributed by atoms with van der Waals surface area (Å²) < 4.78 is 26.8. The van der Waals surface area contributed by atoms with E-state index in [0.717, 1.165) is 39.0 Å². The van der Waals surface area contributed by atoms with Crippen molar-refractivity contribution in [2.75, 3.05) is 45.0 Å². The van der Waals surface area contributed by atoms with Crippen LogP contribution in [0.1, 0.15) is 32.1 Å². The van der Waals surface area contributed by atoms with Gasteiger partial charge in [-0.25, -0.2) is 8.42 Å². The first-order valence-electron chi connectivity index (χ1n) is 8.08. The number of hydrogen-bond acceptors (Lipinski definition) is 4. The van der Waals surface area contributed by atoms with E-state index >= 15 is 0 Å². The van der Waals surface area contributed by atoms with E-state index in [-0.39, 0.29) is 0 Å². The molecule has 1 N–H and O–H groups in total. The lowest BCUT2D eigenvalue weighted by molar-refractivity contribution is 0.103. The van der Waals surface area contributed by atoms with E-state index < -0.39 is 10.0 Å². The zero-order chi connectivity index (χ0) is 14.0. The summed E-state index contributed by atoms with van der Waals surface area (Å²) in [4.78, 5) is 2.43. The van der Waals surface area contributed by atoms with Crippen LogP contribution in [0.2, 0.25) is 0 Å². The van der Waals surface area contributed by atoms with Gasteiger partial charge in [0, 0.05) is 45.3 Å². The maximum absolute atomic E-state index is 12.5. The summed E-state index contributed by atoms with van der Waals surface area (Å²) in [5, 5.41) is 3.28. The fourth-order valence-corrected chi connectivity index (χ4v) is 5.50. The third kappa shape index (κ3) is 3.35. The van der Waals surface area contributed by atoms with Gasteiger partial charge in [0.1, 0.15) is 0 Å². The second-order valence-electron chi connectivity index (χ2n) is 6.53. The molecule has 0 aromatic rings. The van der Waals surface area contributed by atoms with Crippen molar-refractivity contribution < 1.29 is 8.42 Å². The summed E-state index contributed by atoms with van der Waals surface area (Å²) in [5.41, 5.74) is 0. The van der Waals surface area contributed by atoms with Crippen molar-refractivity contribution in [2.45, 2.75) is 38.1 Å². The standard InChI is InChI=1S/C14H27N3O2S/c18-20(19,12-13-4-2-1-3-5-13)17-8-6-16(7-9-17)14-10-15-11-14/h13-15H,1-12H2. The van der Waals surface area contributed by atoms with Crippen molar-refractivity contribution >= 4 is 10.0 Å². The fourth-order valence-electron chi connectivity index (χ4n) is 3.64. The van der Waals surface area contributed by atoms with Crippen LogP contribution >= 0.6 is 0 Å². The smallest absolute Gasteiger partial charge is 0.214 e. The van der Waals surface area contributed by atoms with E-state index in [1.165, 1.54) is 19.3 Å². The van der Waals surface area contributed by atoms with Crippen molar-refractivity contribution in [1.82, 2.24) is 14.5 Å². The number of nitrogens with one attached hydrogen (secondary N) is 1. The Labute approximate surface area is 122 Å². The minimum atomic E-state index is -3.03. The number of piperazine rings is 1. The molecule has 0 atom stereocenters. The van der Waals surface area contributed by atoms with Crippen molar-refractivity contribution in [3.8, 4) is 0 Å². The van der Waals surface area contributed by atoms with Gasteiger partial charge in [0.15, 0.2) is 0 Å². The summed E-state index contributed by atoms with van der Waals surface area (Å²) in [6.07, 6.45) is 5.91. The molecule has 3 aliphatic rings. The second-order valence-corrected chi connectivity index (χ2v) is 8.54. The van der Waals surface area contributed by atoms with Crippen LogP contribution < -0.4 is 5.32 Å². The minimum Gasteiger partial charge on any atom is -0.314 e. The van der Waals surface area contributed by atoms with Gasteiger partial charge in [-0.05, 0) is 18.8 Å². The first-order chi connectivity index (χ1) is 9.65. The molecule has 0 spiro atoms. The van der Waals surface area contributed by atoms with Crippen LogP contribution in [0.25, 0.3) is 0 Å². The highest BCUT2D eigenvalue weighted by Gasteiger charge is 2.33. The summed E-state index contributed by atoms with van der Waals surface area (Å²) in [6, 6.07) is 0.637. The summed E-state index contributed by atoms with van der Waals surface area (Å²) >= 11 is 0. The molecule has 2 aliphatic heterocycles. The first-order valence-corrected chi connectivity index (χ1v) is 9.69. The van der Waals surface area contributed by atoms with E-state index in [0.29, 0.717) is 30.8 Å². The average Bonchev–Trinajstić information content (AvgIpc) is 2.38. The fraction of sp³-hybridized carbons (Fsp3) is 1.00. The summed E-state index contributed by atoms with van der Waals surface area (Å²) in [7, 11) is -3.03. The molecule has 2 saturated heterocycles. The lowest BCUT2D eigenvalue weighted by atomic mass is 9.91. The van der Waals surface area contributed by atoms with Gasteiger partial charge in [0.05, 0.1) is 5.75 Å². The molecule has 1 saturated carbocycles. The summed E-state index contributed by atoms with van der Waals surface area (Å²) in [6.45, 7) is 5.30. The maximum atomic E-state index is 12.5. The van der Waals surface area contributed by atoms with E-state index in [9.17, 15) is 8.42 Å².